The Morgan fingerprint density at radius 2 is 1.78 bits per heavy atom. The lowest BCUT2D eigenvalue weighted by atomic mass is 9.81. The largest absolute Gasteiger partial charge is 0.493 e. The molecule has 0 radical (unpaired) electrons. The molecule has 0 atom stereocenters. The molecule has 0 aliphatic carbocycles. The van der Waals surface area contributed by atoms with Gasteiger partial charge in [-0.3, -0.25) is 0 Å². The van der Waals surface area contributed by atoms with Crippen LogP contribution in [0.5, 0.6) is 11.5 Å². The van der Waals surface area contributed by atoms with Crippen LogP contribution in [0, 0.1) is 16.7 Å². The number of rotatable bonds is 7. The van der Waals surface area contributed by atoms with Gasteiger partial charge in [-0.25, -0.2) is 0 Å². The van der Waals surface area contributed by atoms with Crippen molar-refractivity contribution in [1.82, 2.24) is 0 Å². The molecule has 0 aliphatic rings. The number of nitrogens with zero attached hydrogens (tertiary/aromatic N) is 1. The second-order valence-corrected chi connectivity index (χ2v) is 4.35. The third-order valence-electron chi connectivity index (χ3n) is 3.50. The molecule has 0 bridgehead atoms. The van der Waals surface area contributed by atoms with E-state index in [4.69, 9.17) is 9.47 Å². The van der Waals surface area contributed by atoms with E-state index in [1.54, 1.807) is 7.11 Å². The number of para-hydroxylation sites is 2. The van der Waals surface area contributed by atoms with Gasteiger partial charge in [-0.2, -0.15) is 5.26 Å². The van der Waals surface area contributed by atoms with E-state index >= 15 is 0 Å². The molecule has 0 N–H and O–H groups in total. The van der Waals surface area contributed by atoms with Crippen molar-refractivity contribution in [3.8, 4) is 17.6 Å². The van der Waals surface area contributed by atoms with Gasteiger partial charge in [0.05, 0.1) is 25.2 Å². The van der Waals surface area contributed by atoms with E-state index in [-0.39, 0.29) is 5.41 Å². The topological polar surface area (TPSA) is 42.2 Å². The van der Waals surface area contributed by atoms with E-state index in [0.717, 1.165) is 30.8 Å². The highest BCUT2D eigenvalue weighted by Gasteiger charge is 2.25. The summed E-state index contributed by atoms with van der Waals surface area (Å²) in [6.07, 6.45) is 2.46. The SMILES string of the molecule is CCC(C#N)(CC)CCOc1ccccc1OC. The van der Waals surface area contributed by atoms with Gasteiger partial charge in [0.1, 0.15) is 0 Å². The summed E-state index contributed by atoms with van der Waals surface area (Å²) in [4.78, 5) is 0. The van der Waals surface area contributed by atoms with Gasteiger partial charge in [0, 0.05) is 6.42 Å². The summed E-state index contributed by atoms with van der Waals surface area (Å²) in [6, 6.07) is 9.98. The molecule has 1 aromatic carbocycles. The van der Waals surface area contributed by atoms with Gasteiger partial charge in [0.2, 0.25) is 0 Å². The Balaban J connectivity index is 2.58. The van der Waals surface area contributed by atoms with Crippen LogP contribution in [0.2, 0.25) is 0 Å². The van der Waals surface area contributed by atoms with E-state index < -0.39 is 0 Å². The van der Waals surface area contributed by atoms with E-state index in [0.29, 0.717) is 6.61 Å². The number of ether oxygens (including phenoxy) is 2. The van der Waals surface area contributed by atoms with Crippen LogP contribution in [-0.4, -0.2) is 13.7 Å². The summed E-state index contributed by atoms with van der Waals surface area (Å²) in [5, 5.41) is 9.24. The Bertz CT molecular complexity index is 405. The van der Waals surface area contributed by atoms with Crippen molar-refractivity contribution in [2.45, 2.75) is 33.1 Å². The molecule has 3 nitrogen and oxygen atoms in total. The molecule has 0 amide bonds. The van der Waals surface area contributed by atoms with Gasteiger partial charge in [-0.15, -0.1) is 0 Å². The van der Waals surface area contributed by atoms with Crippen LogP contribution in [0.3, 0.4) is 0 Å². The molecule has 1 aromatic rings. The molecule has 0 spiro atoms. The van der Waals surface area contributed by atoms with E-state index in [1.807, 2.05) is 24.3 Å². The zero-order valence-electron chi connectivity index (χ0n) is 11.4. The van der Waals surface area contributed by atoms with Gasteiger partial charge in [0.25, 0.3) is 0 Å². The third-order valence-corrected chi connectivity index (χ3v) is 3.50. The molecule has 18 heavy (non-hydrogen) atoms. The molecule has 0 unspecified atom stereocenters. The number of nitriles is 1. The molecule has 0 fully saturated rings. The van der Waals surface area contributed by atoms with E-state index in [2.05, 4.69) is 19.9 Å². The first-order valence-electron chi connectivity index (χ1n) is 6.38. The molecule has 0 saturated carbocycles. The maximum Gasteiger partial charge on any atom is 0.161 e. The van der Waals surface area contributed by atoms with Gasteiger partial charge >= 0.3 is 0 Å². The highest BCUT2D eigenvalue weighted by molar-refractivity contribution is 5.39. The van der Waals surface area contributed by atoms with Crippen LogP contribution < -0.4 is 9.47 Å². The standard InChI is InChI=1S/C15H21NO2/c1-4-15(5-2,12-16)10-11-18-14-9-7-6-8-13(14)17-3/h6-9H,4-5,10-11H2,1-3H3. The lowest BCUT2D eigenvalue weighted by Crippen LogP contribution is -2.19. The summed E-state index contributed by atoms with van der Waals surface area (Å²) in [5.41, 5.74) is -0.262. The third kappa shape index (κ3) is 3.40. The Kier molecular flexibility index (Phi) is 5.51. The fourth-order valence-electron chi connectivity index (χ4n) is 1.91. The molecular formula is C15H21NO2. The minimum atomic E-state index is -0.262. The molecule has 0 heterocycles. The summed E-state index contributed by atoms with van der Waals surface area (Å²) < 4.78 is 10.9. The van der Waals surface area contributed by atoms with Crippen LogP contribution in [0.1, 0.15) is 33.1 Å². The minimum Gasteiger partial charge on any atom is -0.493 e. The highest BCUT2D eigenvalue weighted by atomic mass is 16.5. The molecule has 0 saturated heterocycles. The van der Waals surface area contributed by atoms with Crippen molar-refractivity contribution in [2.24, 2.45) is 5.41 Å². The van der Waals surface area contributed by atoms with Crippen molar-refractivity contribution >= 4 is 0 Å². The molecule has 98 valence electrons. The minimum absolute atomic E-state index is 0.262. The Labute approximate surface area is 109 Å². The summed E-state index contributed by atoms with van der Waals surface area (Å²) in [5.74, 6) is 1.46. The number of hydrogen-bond donors (Lipinski definition) is 0. The quantitative estimate of drug-likeness (QED) is 0.736. The summed E-state index contributed by atoms with van der Waals surface area (Å²) in [6.45, 7) is 4.64. The maximum atomic E-state index is 9.24. The van der Waals surface area contributed by atoms with Crippen LogP contribution >= 0.6 is 0 Å². The number of benzene rings is 1. The maximum absolute atomic E-state index is 9.24. The lowest BCUT2D eigenvalue weighted by Gasteiger charge is -2.23. The van der Waals surface area contributed by atoms with Gasteiger partial charge < -0.3 is 9.47 Å². The van der Waals surface area contributed by atoms with E-state index in [1.165, 1.54) is 0 Å². The second-order valence-electron chi connectivity index (χ2n) is 4.35. The first-order valence-corrected chi connectivity index (χ1v) is 6.38. The predicted molar refractivity (Wildman–Crippen MR) is 71.7 cm³/mol. The Hall–Kier alpha value is -1.69. The fourth-order valence-corrected chi connectivity index (χ4v) is 1.91. The predicted octanol–water partition coefficient (Wildman–Crippen LogP) is 3.79. The van der Waals surface area contributed by atoms with Crippen molar-refractivity contribution in [1.29, 1.82) is 5.26 Å². The lowest BCUT2D eigenvalue weighted by molar-refractivity contribution is 0.224. The summed E-state index contributed by atoms with van der Waals surface area (Å²) in [7, 11) is 1.62. The molecule has 3 heteroatoms. The van der Waals surface area contributed by atoms with Crippen molar-refractivity contribution in [3.63, 3.8) is 0 Å². The fraction of sp³-hybridized carbons (Fsp3) is 0.533. The highest BCUT2D eigenvalue weighted by Crippen LogP contribution is 2.31. The Morgan fingerprint density at radius 1 is 1.17 bits per heavy atom. The van der Waals surface area contributed by atoms with Crippen LogP contribution in [0.4, 0.5) is 0 Å². The molecule has 0 aromatic heterocycles. The normalized spacial score (nSPS) is 10.8. The van der Waals surface area contributed by atoms with Crippen LogP contribution in [0.25, 0.3) is 0 Å². The molecule has 1 rings (SSSR count). The van der Waals surface area contributed by atoms with Gasteiger partial charge in [0.15, 0.2) is 11.5 Å². The average Bonchev–Trinajstić information content (AvgIpc) is 2.44. The average molecular weight is 247 g/mol. The number of hydrogen-bond acceptors (Lipinski definition) is 3. The first kappa shape index (κ1) is 14.4. The molecular weight excluding hydrogens is 226 g/mol. The van der Waals surface area contributed by atoms with E-state index in [9.17, 15) is 5.26 Å². The second kappa shape index (κ2) is 6.90. The van der Waals surface area contributed by atoms with Crippen LogP contribution in [-0.2, 0) is 0 Å². The summed E-state index contributed by atoms with van der Waals surface area (Å²) >= 11 is 0. The van der Waals surface area contributed by atoms with Crippen molar-refractivity contribution in [3.05, 3.63) is 24.3 Å². The molecule has 0 aliphatic heterocycles. The van der Waals surface area contributed by atoms with Crippen molar-refractivity contribution < 1.29 is 9.47 Å². The van der Waals surface area contributed by atoms with Crippen molar-refractivity contribution in [2.75, 3.05) is 13.7 Å². The Morgan fingerprint density at radius 3 is 2.28 bits per heavy atom. The smallest absolute Gasteiger partial charge is 0.161 e. The van der Waals surface area contributed by atoms with Gasteiger partial charge in [-0.1, -0.05) is 26.0 Å². The monoisotopic (exact) mass is 247 g/mol. The first-order chi connectivity index (χ1) is 8.71. The van der Waals surface area contributed by atoms with Gasteiger partial charge in [-0.05, 0) is 25.0 Å². The number of methoxy groups -OCH3 is 1. The van der Waals surface area contributed by atoms with Crippen LogP contribution in [0.15, 0.2) is 24.3 Å². The zero-order chi connectivity index (χ0) is 13.4. The zero-order valence-corrected chi connectivity index (χ0v) is 11.4.